The monoisotopic (exact) mass is 177 g/mol. The molecular weight excluding hydrogens is 166 g/mol. The molecule has 0 spiro atoms. The Morgan fingerprint density at radius 3 is 2.62 bits per heavy atom. The normalized spacial score (nSPS) is 27.0. The van der Waals surface area contributed by atoms with Gasteiger partial charge in [0.05, 0.1) is 0 Å². The fraction of sp³-hybridized carbons (Fsp3) is 0.400. The molecule has 1 atom stereocenters. The van der Waals surface area contributed by atoms with E-state index in [1.54, 1.807) is 0 Å². The van der Waals surface area contributed by atoms with Crippen LogP contribution in [0, 0.1) is 0 Å². The maximum atomic E-state index is 11.5. The van der Waals surface area contributed by atoms with Gasteiger partial charge in [-0.05, 0) is 18.6 Å². The van der Waals surface area contributed by atoms with E-state index in [4.69, 9.17) is 0 Å². The number of carbonyl (C=O) groups excluding carboxylic acids is 2. The van der Waals surface area contributed by atoms with Crippen molar-refractivity contribution in [1.82, 2.24) is 5.32 Å². The Hall–Kier alpha value is -1.22. The second kappa shape index (κ2) is 2.92. The van der Waals surface area contributed by atoms with E-state index in [-0.39, 0.29) is 17.6 Å². The van der Waals surface area contributed by atoms with E-state index in [9.17, 15) is 9.59 Å². The van der Waals surface area contributed by atoms with Gasteiger partial charge in [0.25, 0.3) is 0 Å². The van der Waals surface area contributed by atoms with Crippen LogP contribution in [0.3, 0.4) is 0 Å². The van der Waals surface area contributed by atoms with Crippen LogP contribution in [-0.4, -0.2) is 24.2 Å². The number of hydrogen-bond donors (Lipinski definition) is 1. The molecule has 0 aromatic rings. The Bertz CT molecular complexity index is 335. The van der Waals surface area contributed by atoms with Gasteiger partial charge in [0.15, 0.2) is 11.6 Å². The van der Waals surface area contributed by atoms with Crippen LogP contribution in [0.15, 0.2) is 23.3 Å². The van der Waals surface area contributed by atoms with E-state index in [1.165, 1.54) is 12.2 Å². The molecule has 1 aliphatic carbocycles. The van der Waals surface area contributed by atoms with Gasteiger partial charge < -0.3 is 5.32 Å². The number of ketones is 2. The summed E-state index contributed by atoms with van der Waals surface area (Å²) in [5.41, 5.74) is 1.25. The highest BCUT2D eigenvalue weighted by atomic mass is 16.1. The van der Waals surface area contributed by atoms with Gasteiger partial charge in [-0.2, -0.15) is 0 Å². The summed E-state index contributed by atoms with van der Waals surface area (Å²) in [6, 6.07) is 0.131. The van der Waals surface area contributed by atoms with Crippen LogP contribution in [0.1, 0.15) is 13.3 Å². The molecule has 3 nitrogen and oxygen atoms in total. The Morgan fingerprint density at radius 1 is 1.38 bits per heavy atom. The smallest absolute Gasteiger partial charge is 0.184 e. The fourth-order valence-corrected chi connectivity index (χ4v) is 1.45. The molecule has 0 radical (unpaired) electrons. The molecule has 1 fully saturated rings. The minimum atomic E-state index is -0.00852. The number of allylic oxidation sites excluding steroid dienone is 3. The van der Waals surface area contributed by atoms with Crippen LogP contribution in [0.5, 0.6) is 0 Å². The topological polar surface area (TPSA) is 56.1 Å². The van der Waals surface area contributed by atoms with Crippen LogP contribution < -0.4 is 5.32 Å². The molecule has 68 valence electrons. The predicted molar refractivity (Wildman–Crippen MR) is 48.3 cm³/mol. The van der Waals surface area contributed by atoms with E-state index < -0.39 is 0 Å². The number of rotatable bonds is 2. The molecule has 13 heavy (non-hydrogen) atoms. The second-order valence-corrected chi connectivity index (χ2v) is 3.31. The Kier molecular flexibility index (Phi) is 1.88. The van der Waals surface area contributed by atoms with Crippen molar-refractivity contribution in [2.75, 3.05) is 6.54 Å². The van der Waals surface area contributed by atoms with Crippen molar-refractivity contribution < 1.29 is 9.59 Å². The Morgan fingerprint density at radius 2 is 2.08 bits per heavy atom. The lowest BCUT2D eigenvalue weighted by atomic mass is 9.94. The van der Waals surface area contributed by atoms with Gasteiger partial charge in [0, 0.05) is 23.7 Å². The van der Waals surface area contributed by atoms with E-state index >= 15 is 0 Å². The third kappa shape index (κ3) is 1.47. The van der Waals surface area contributed by atoms with Crippen molar-refractivity contribution in [2.45, 2.75) is 19.4 Å². The minimum absolute atomic E-state index is 0.00792. The average Bonchev–Trinajstić information content (AvgIpc) is 2.91. The highest BCUT2D eigenvalue weighted by Gasteiger charge is 2.31. The number of hydrogen-bond acceptors (Lipinski definition) is 3. The lowest BCUT2D eigenvalue weighted by molar-refractivity contribution is -0.115. The van der Waals surface area contributed by atoms with Crippen molar-refractivity contribution in [3.05, 3.63) is 23.3 Å². The Labute approximate surface area is 76.5 Å². The minimum Gasteiger partial charge on any atom is -0.307 e. The summed E-state index contributed by atoms with van der Waals surface area (Å²) >= 11 is 0. The molecule has 0 saturated carbocycles. The van der Waals surface area contributed by atoms with Gasteiger partial charge in [-0.15, -0.1) is 0 Å². The van der Waals surface area contributed by atoms with Crippen LogP contribution in [0.4, 0.5) is 0 Å². The predicted octanol–water partition coefficient (Wildman–Crippen LogP) is 0.373. The fourth-order valence-electron chi connectivity index (χ4n) is 1.45. The van der Waals surface area contributed by atoms with Crippen molar-refractivity contribution in [1.29, 1.82) is 0 Å². The van der Waals surface area contributed by atoms with Crippen LogP contribution >= 0.6 is 0 Å². The zero-order valence-electron chi connectivity index (χ0n) is 7.46. The first-order chi connectivity index (χ1) is 6.22. The second-order valence-electron chi connectivity index (χ2n) is 3.31. The molecule has 1 unspecified atom stereocenters. The van der Waals surface area contributed by atoms with Crippen molar-refractivity contribution in [3.63, 3.8) is 0 Å². The van der Waals surface area contributed by atoms with Crippen LogP contribution in [0.2, 0.25) is 0 Å². The molecule has 0 bridgehead atoms. The molecule has 1 aliphatic heterocycles. The molecule has 0 amide bonds. The van der Waals surface area contributed by atoms with Crippen molar-refractivity contribution in [3.8, 4) is 0 Å². The third-order valence-electron chi connectivity index (χ3n) is 2.36. The maximum Gasteiger partial charge on any atom is 0.184 e. The standard InChI is InChI=1S/C10H11NO2/c1-2-6-3-10(13)7(4-9(6)12)8-5-11-8/h3-4,8,11H,2,5H2,1H3. The van der Waals surface area contributed by atoms with E-state index in [1.807, 2.05) is 6.92 Å². The summed E-state index contributed by atoms with van der Waals surface area (Å²) in [6.45, 7) is 2.70. The highest BCUT2D eigenvalue weighted by Crippen LogP contribution is 2.20. The summed E-state index contributed by atoms with van der Waals surface area (Å²) in [4.78, 5) is 22.8. The molecule has 0 aromatic carbocycles. The lowest BCUT2D eigenvalue weighted by Crippen LogP contribution is -2.17. The zero-order valence-corrected chi connectivity index (χ0v) is 7.46. The molecular formula is C10H11NO2. The zero-order chi connectivity index (χ0) is 9.42. The summed E-state index contributed by atoms with van der Waals surface area (Å²) in [7, 11) is 0. The average molecular weight is 177 g/mol. The van der Waals surface area contributed by atoms with E-state index in [2.05, 4.69) is 5.32 Å². The first-order valence-electron chi connectivity index (χ1n) is 4.46. The van der Waals surface area contributed by atoms with Crippen LogP contribution in [0.25, 0.3) is 0 Å². The van der Waals surface area contributed by atoms with Gasteiger partial charge in [-0.1, -0.05) is 6.92 Å². The SMILES string of the molecule is CCC1=CC(=O)C(C2CN2)=CC1=O. The molecule has 3 heteroatoms. The largest absolute Gasteiger partial charge is 0.307 e. The summed E-state index contributed by atoms with van der Waals surface area (Å²) in [6.07, 6.45) is 3.58. The van der Waals surface area contributed by atoms with Gasteiger partial charge in [0.1, 0.15) is 0 Å². The first-order valence-corrected chi connectivity index (χ1v) is 4.46. The molecule has 1 heterocycles. The van der Waals surface area contributed by atoms with Gasteiger partial charge in [-0.3, -0.25) is 9.59 Å². The van der Waals surface area contributed by atoms with E-state index in [0.29, 0.717) is 17.6 Å². The van der Waals surface area contributed by atoms with Gasteiger partial charge in [0.2, 0.25) is 0 Å². The van der Waals surface area contributed by atoms with Gasteiger partial charge >= 0.3 is 0 Å². The quantitative estimate of drug-likeness (QED) is 0.490. The van der Waals surface area contributed by atoms with Crippen molar-refractivity contribution >= 4 is 11.6 Å². The molecule has 1 N–H and O–H groups in total. The summed E-state index contributed by atoms with van der Waals surface area (Å²) in [5, 5.41) is 3.02. The first kappa shape index (κ1) is 8.38. The Balaban J connectivity index is 2.26. The highest BCUT2D eigenvalue weighted by molar-refractivity contribution is 6.20. The molecule has 2 rings (SSSR count). The summed E-state index contributed by atoms with van der Waals surface area (Å²) in [5.74, 6) is -0.0164. The van der Waals surface area contributed by atoms with Gasteiger partial charge in [-0.25, -0.2) is 0 Å². The third-order valence-corrected chi connectivity index (χ3v) is 2.36. The number of carbonyl (C=O) groups is 2. The van der Waals surface area contributed by atoms with Crippen molar-refractivity contribution in [2.24, 2.45) is 0 Å². The summed E-state index contributed by atoms with van der Waals surface area (Å²) < 4.78 is 0. The van der Waals surface area contributed by atoms with E-state index in [0.717, 1.165) is 6.54 Å². The molecule has 1 saturated heterocycles. The number of nitrogens with one attached hydrogen (secondary N) is 1. The van der Waals surface area contributed by atoms with Crippen LogP contribution in [-0.2, 0) is 9.59 Å². The molecule has 2 aliphatic rings. The maximum absolute atomic E-state index is 11.5. The molecule has 0 aromatic heterocycles. The lowest BCUT2D eigenvalue weighted by Gasteiger charge is -2.08.